The Bertz CT molecular complexity index is 628. The molecule has 0 bridgehead atoms. The van der Waals surface area contributed by atoms with Crippen molar-refractivity contribution in [1.82, 2.24) is 19.8 Å². The van der Waals surface area contributed by atoms with Crippen LogP contribution in [0.1, 0.15) is 46.0 Å². The van der Waals surface area contributed by atoms with Crippen molar-refractivity contribution in [2.45, 2.75) is 69.7 Å². The van der Waals surface area contributed by atoms with Gasteiger partial charge in [0.25, 0.3) is 0 Å². The molecule has 1 aromatic heterocycles. The summed E-state index contributed by atoms with van der Waals surface area (Å²) in [6, 6.07) is 0. The normalized spacial score (nSPS) is 27.8. The number of aryl methyl sites for hydroxylation is 1. The highest BCUT2D eigenvalue weighted by Gasteiger charge is 2.58. The van der Waals surface area contributed by atoms with Crippen LogP contribution < -0.4 is 5.32 Å². The summed E-state index contributed by atoms with van der Waals surface area (Å²) in [5, 5.41) is 2.68. The Morgan fingerprint density at radius 2 is 2.20 bits per heavy atom. The Hall–Kier alpha value is -1.89. The fourth-order valence-corrected chi connectivity index (χ4v) is 4.46. The maximum absolute atomic E-state index is 12.9. The first-order chi connectivity index (χ1) is 11.9. The van der Waals surface area contributed by atoms with Gasteiger partial charge in [0.15, 0.2) is 0 Å². The van der Waals surface area contributed by atoms with Crippen LogP contribution in [0.25, 0.3) is 0 Å². The van der Waals surface area contributed by atoms with Crippen LogP contribution in [0.2, 0.25) is 0 Å². The van der Waals surface area contributed by atoms with Crippen molar-refractivity contribution in [3.8, 4) is 0 Å². The van der Waals surface area contributed by atoms with E-state index in [4.69, 9.17) is 4.74 Å². The van der Waals surface area contributed by atoms with Crippen LogP contribution >= 0.6 is 0 Å². The molecule has 138 valence electrons. The Morgan fingerprint density at radius 1 is 1.40 bits per heavy atom. The van der Waals surface area contributed by atoms with Gasteiger partial charge in [0.2, 0.25) is 11.8 Å². The van der Waals surface area contributed by atoms with Gasteiger partial charge in [-0.1, -0.05) is 0 Å². The van der Waals surface area contributed by atoms with E-state index in [1.165, 1.54) is 0 Å². The number of hydrogen-bond acceptors (Lipinski definition) is 4. The van der Waals surface area contributed by atoms with Gasteiger partial charge in [0, 0.05) is 45.4 Å². The molecule has 2 atom stereocenters. The monoisotopic (exact) mass is 348 g/mol. The Labute approximate surface area is 148 Å². The van der Waals surface area contributed by atoms with Crippen LogP contribution in [-0.4, -0.2) is 57.1 Å². The smallest absolute Gasteiger partial charge is 0.224 e. The fraction of sp³-hybridized carbons (Fsp3) is 0.722. The molecule has 2 saturated heterocycles. The number of hydrogen-bond donors (Lipinski definition) is 1. The summed E-state index contributed by atoms with van der Waals surface area (Å²) in [4.78, 5) is 30.9. The number of rotatable bonds is 5. The number of imidazole rings is 1. The predicted molar refractivity (Wildman–Crippen MR) is 92.8 cm³/mol. The Kier molecular flexibility index (Phi) is 4.86. The van der Waals surface area contributed by atoms with Crippen molar-refractivity contribution in [3.63, 3.8) is 0 Å². The van der Waals surface area contributed by atoms with Gasteiger partial charge in [-0.2, -0.15) is 0 Å². The second-order valence-electron chi connectivity index (χ2n) is 7.72. The quantitative estimate of drug-likeness (QED) is 0.871. The number of carbonyl (C=O) groups excluding carboxylic acids is 2. The van der Waals surface area contributed by atoms with Crippen molar-refractivity contribution >= 4 is 11.8 Å². The minimum atomic E-state index is -0.359. The third-order valence-corrected chi connectivity index (χ3v) is 5.42. The molecule has 0 aliphatic carbocycles. The first-order valence-corrected chi connectivity index (χ1v) is 9.01. The van der Waals surface area contributed by atoms with Gasteiger partial charge in [-0.25, -0.2) is 4.98 Å². The molecule has 3 heterocycles. The third-order valence-electron chi connectivity index (χ3n) is 5.42. The molecule has 2 aliphatic rings. The fourth-order valence-electron chi connectivity index (χ4n) is 4.46. The molecule has 25 heavy (non-hydrogen) atoms. The summed E-state index contributed by atoms with van der Waals surface area (Å²) < 4.78 is 8.13. The molecule has 1 aromatic rings. The molecule has 0 radical (unpaired) electrons. The van der Waals surface area contributed by atoms with Crippen molar-refractivity contribution in [3.05, 3.63) is 18.7 Å². The van der Waals surface area contributed by atoms with Crippen molar-refractivity contribution < 1.29 is 14.3 Å². The molecule has 0 aromatic carbocycles. The van der Waals surface area contributed by atoms with E-state index < -0.39 is 0 Å². The summed E-state index contributed by atoms with van der Waals surface area (Å²) in [7, 11) is 1.64. The molecule has 3 rings (SSSR count). The molecule has 7 heteroatoms. The van der Waals surface area contributed by atoms with Crippen molar-refractivity contribution in [2.24, 2.45) is 0 Å². The molecule has 7 nitrogen and oxygen atoms in total. The minimum Gasteiger partial charge on any atom is -0.369 e. The zero-order chi connectivity index (χ0) is 18.1. The van der Waals surface area contributed by atoms with Crippen LogP contribution in [0.15, 0.2) is 18.7 Å². The maximum Gasteiger partial charge on any atom is 0.224 e. The highest BCUT2D eigenvalue weighted by molar-refractivity contribution is 5.79. The molecule has 0 saturated carbocycles. The molecule has 2 amide bonds. The van der Waals surface area contributed by atoms with Crippen LogP contribution in [0.5, 0.6) is 0 Å². The van der Waals surface area contributed by atoms with Crippen LogP contribution in [0.4, 0.5) is 0 Å². The highest BCUT2D eigenvalue weighted by atomic mass is 16.5. The summed E-state index contributed by atoms with van der Waals surface area (Å²) in [5.41, 5.74) is -0.687. The van der Waals surface area contributed by atoms with Crippen molar-refractivity contribution in [1.29, 1.82) is 0 Å². The summed E-state index contributed by atoms with van der Waals surface area (Å²) >= 11 is 0. The topological polar surface area (TPSA) is 76.5 Å². The maximum atomic E-state index is 12.9. The van der Waals surface area contributed by atoms with E-state index in [0.29, 0.717) is 19.4 Å². The number of ether oxygens (including phenoxy) is 1. The van der Waals surface area contributed by atoms with Gasteiger partial charge in [-0.3, -0.25) is 9.59 Å². The molecule has 0 unspecified atom stereocenters. The molecule has 2 aliphatic heterocycles. The summed E-state index contributed by atoms with van der Waals surface area (Å²) in [6.07, 6.45) is 8.42. The largest absolute Gasteiger partial charge is 0.369 e. The molecule has 1 spiro atoms. The second kappa shape index (κ2) is 6.78. The number of nitrogens with zero attached hydrogens (tertiary/aromatic N) is 3. The number of nitrogens with one attached hydrogen (secondary N) is 1. The average molecular weight is 348 g/mol. The number of aromatic nitrogens is 2. The van der Waals surface area contributed by atoms with Crippen molar-refractivity contribution in [2.75, 3.05) is 13.6 Å². The first kappa shape index (κ1) is 17.9. The van der Waals surface area contributed by atoms with Gasteiger partial charge < -0.3 is 19.5 Å². The Morgan fingerprint density at radius 3 is 2.88 bits per heavy atom. The molecular weight excluding hydrogens is 320 g/mol. The van der Waals surface area contributed by atoms with E-state index >= 15 is 0 Å². The lowest BCUT2D eigenvalue weighted by Crippen LogP contribution is -2.53. The molecule has 1 N–H and O–H groups in total. The van der Waals surface area contributed by atoms with Gasteiger partial charge in [-0.15, -0.1) is 0 Å². The van der Waals surface area contributed by atoms with E-state index in [-0.39, 0.29) is 29.1 Å². The zero-order valence-corrected chi connectivity index (χ0v) is 15.3. The van der Waals surface area contributed by atoms with E-state index in [1.807, 2.05) is 29.5 Å². The summed E-state index contributed by atoms with van der Waals surface area (Å²) in [5.74, 6) is 0.0918. The van der Waals surface area contributed by atoms with Gasteiger partial charge in [0.1, 0.15) is 0 Å². The summed E-state index contributed by atoms with van der Waals surface area (Å²) in [6.45, 7) is 5.46. The second-order valence-corrected chi connectivity index (χ2v) is 7.72. The SMILES string of the molecule is CNC(=O)C[C@@H]1OC(C)(C)C[C@]12CCCN2C(=O)CCn1ccnc1. The van der Waals surface area contributed by atoms with E-state index in [0.717, 1.165) is 25.8 Å². The van der Waals surface area contributed by atoms with Gasteiger partial charge >= 0.3 is 0 Å². The van der Waals surface area contributed by atoms with E-state index in [9.17, 15) is 9.59 Å². The van der Waals surface area contributed by atoms with Crippen LogP contribution in [0.3, 0.4) is 0 Å². The molecule has 2 fully saturated rings. The van der Waals surface area contributed by atoms with E-state index in [2.05, 4.69) is 10.3 Å². The minimum absolute atomic E-state index is 0.0419. The lowest BCUT2D eigenvalue weighted by molar-refractivity contribution is -0.140. The number of carbonyl (C=O) groups is 2. The van der Waals surface area contributed by atoms with Crippen LogP contribution in [-0.2, 0) is 20.9 Å². The zero-order valence-electron chi connectivity index (χ0n) is 15.3. The van der Waals surface area contributed by atoms with Gasteiger partial charge in [0.05, 0.1) is 30.0 Å². The standard InChI is InChI=1S/C18H28N4O3/c1-17(2)12-18(14(25-17)11-15(23)19-3)6-4-8-22(18)16(24)5-9-21-10-7-20-13-21/h7,10,13-14H,4-6,8-9,11-12H2,1-3H3,(H,19,23)/t14-,18+/m0/s1. The van der Waals surface area contributed by atoms with Crippen LogP contribution in [0, 0.1) is 0 Å². The van der Waals surface area contributed by atoms with Gasteiger partial charge in [-0.05, 0) is 26.7 Å². The molecular formula is C18H28N4O3. The number of likely N-dealkylation sites (tertiary alicyclic amines) is 1. The lowest BCUT2D eigenvalue weighted by Gasteiger charge is -2.39. The highest BCUT2D eigenvalue weighted by Crippen LogP contribution is 2.49. The first-order valence-electron chi connectivity index (χ1n) is 9.01. The Balaban J connectivity index is 1.76. The lowest BCUT2D eigenvalue weighted by atomic mass is 9.82. The average Bonchev–Trinajstić information content (AvgIpc) is 3.25. The third kappa shape index (κ3) is 3.56. The number of amides is 2. The predicted octanol–water partition coefficient (Wildman–Crippen LogP) is 1.34. The van der Waals surface area contributed by atoms with E-state index in [1.54, 1.807) is 19.6 Å².